The number of nitrogens with zero attached hydrogens (tertiary/aromatic N) is 1. The lowest BCUT2D eigenvalue weighted by Gasteiger charge is -2.09. The molecule has 0 spiro atoms. The maximum atomic E-state index is 10.6. The number of hydrogen-bond donors (Lipinski definition) is 1. The summed E-state index contributed by atoms with van der Waals surface area (Å²) >= 11 is 5.68. The second kappa shape index (κ2) is 4.28. The summed E-state index contributed by atoms with van der Waals surface area (Å²) < 4.78 is 5.29. The molecule has 4 nitrogen and oxygen atoms in total. The van der Waals surface area contributed by atoms with Gasteiger partial charge >= 0.3 is 5.97 Å². The summed E-state index contributed by atoms with van der Waals surface area (Å²) in [4.78, 5) is 14.2. The number of ether oxygens (including phenoxy) is 1. The van der Waals surface area contributed by atoms with Crippen LogP contribution in [0.5, 0.6) is 5.75 Å². The number of hydrogen-bond acceptors (Lipinski definition) is 3. The average Bonchev–Trinajstić information content (AvgIpc) is 2.01. The van der Waals surface area contributed by atoms with Crippen LogP contribution in [0, 0.1) is 0 Å². The van der Waals surface area contributed by atoms with E-state index in [1.54, 1.807) is 0 Å². The lowest BCUT2D eigenvalue weighted by molar-refractivity contribution is 0.0690. The van der Waals surface area contributed by atoms with Gasteiger partial charge in [-0.25, -0.2) is 9.78 Å². The molecule has 0 bridgehead atoms. The second-order valence-corrected chi connectivity index (χ2v) is 3.38. The molecule has 1 aromatic rings. The predicted molar refractivity (Wildman–Crippen MR) is 52.0 cm³/mol. The number of pyridine rings is 1. The van der Waals surface area contributed by atoms with E-state index in [0.29, 0.717) is 5.75 Å². The lowest BCUT2D eigenvalue weighted by atomic mass is 10.3. The molecule has 5 heteroatoms. The number of aromatic nitrogens is 1. The summed E-state index contributed by atoms with van der Waals surface area (Å²) in [5.41, 5.74) is -0.164. The van der Waals surface area contributed by atoms with E-state index in [4.69, 9.17) is 21.4 Å². The molecule has 0 amide bonds. The molecule has 0 radical (unpaired) electrons. The van der Waals surface area contributed by atoms with Gasteiger partial charge in [-0.3, -0.25) is 0 Å². The predicted octanol–water partition coefficient (Wildman–Crippen LogP) is 2.22. The van der Waals surface area contributed by atoms with Crippen LogP contribution in [0.25, 0.3) is 0 Å². The van der Waals surface area contributed by atoms with Crippen molar-refractivity contribution in [1.82, 2.24) is 4.98 Å². The van der Waals surface area contributed by atoms with E-state index in [1.807, 2.05) is 13.8 Å². The smallest absolute Gasteiger partial charge is 0.356 e. The highest BCUT2D eigenvalue weighted by Crippen LogP contribution is 2.20. The fraction of sp³-hybridized carbons (Fsp3) is 0.333. The van der Waals surface area contributed by atoms with Crippen molar-refractivity contribution in [3.63, 3.8) is 0 Å². The van der Waals surface area contributed by atoms with Gasteiger partial charge in [0.2, 0.25) is 0 Å². The molecule has 0 saturated heterocycles. The summed E-state index contributed by atoms with van der Waals surface area (Å²) in [5.74, 6) is -0.680. The molecule has 1 heterocycles. The van der Waals surface area contributed by atoms with Gasteiger partial charge in [0.15, 0.2) is 5.69 Å². The Morgan fingerprint density at radius 3 is 2.71 bits per heavy atom. The van der Waals surface area contributed by atoms with Crippen molar-refractivity contribution in [2.75, 3.05) is 0 Å². The Hall–Kier alpha value is -1.29. The van der Waals surface area contributed by atoms with Crippen molar-refractivity contribution in [1.29, 1.82) is 0 Å². The molecule has 1 rings (SSSR count). The first-order chi connectivity index (χ1) is 6.50. The average molecular weight is 216 g/mol. The molecule has 14 heavy (non-hydrogen) atoms. The largest absolute Gasteiger partial charge is 0.489 e. The Bertz CT molecular complexity index is 352. The Kier molecular flexibility index (Phi) is 3.30. The van der Waals surface area contributed by atoms with Crippen molar-refractivity contribution in [2.45, 2.75) is 20.0 Å². The number of carboxylic acid groups (broad SMARTS) is 1. The molecule has 76 valence electrons. The molecule has 0 aliphatic carbocycles. The number of carbonyl (C=O) groups is 1. The highest BCUT2D eigenvalue weighted by molar-refractivity contribution is 6.33. The van der Waals surface area contributed by atoms with Gasteiger partial charge in [0.1, 0.15) is 5.75 Å². The Morgan fingerprint density at radius 1 is 1.64 bits per heavy atom. The zero-order valence-corrected chi connectivity index (χ0v) is 8.58. The Labute approximate surface area is 86.5 Å². The van der Waals surface area contributed by atoms with E-state index in [0.717, 1.165) is 0 Å². The van der Waals surface area contributed by atoms with Gasteiger partial charge in [-0.15, -0.1) is 0 Å². The first kappa shape index (κ1) is 10.8. The molecule has 0 atom stereocenters. The molecule has 0 saturated carbocycles. The zero-order valence-electron chi connectivity index (χ0n) is 7.82. The maximum absolute atomic E-state index is 10.6. The van der Waals surface area contributed by atoms with Crippen LogP contribution in [0.2, 0.25) is 5.02 Å². The van der Waals surface area contributed by atoms with E-state index in [-0.39, 0.29) is 16.8 Å². The topological polar surface area (TPSA) is 59.4 Å². The molecule has 1 N–H and O–H groups in total. The molecule has 0 aliphatic rings. The Morgan fingerprint density at radius 2 is 2.29 bits per heavy atom. The van der Waals surface area contributed by atoms with Gasteiger partial charge in [0.05, 0.1) is 17.3 Å². The van der Waals surface area contributed by atoms with Crippen LogP contribution in [-0.2, 0) is 0 Å². The lowest BCUT2D eigenvalue weighted by Crippen LogP contribution is -2.07. The quantitative estimate of drug-likeness (QED) is 0.840. The summed E-state index contributed by atoms with van der Waals surface area (Å²) in [6.07, 6.45) is 1.35. The maximum Gasteiger partial charge on any atom is 0.356 e. The molecule has 0 fully saturated rings. The van der Waals surface area contributed by atoms with Crippen molar-refractivity contribution in [2.24, 2.45) is 0 Å². The summed E-state index contributed by atoms with van der Waals surface area (Å²) in [6, 6.07) is 1.44. The number of halogens is 1. The fourth-order valence-corrected chi connectivity index (χ4v) is 1.15. The van der Waals surface area contributed by atoms with Crippen LogP contribution in [0.1, 0.15) is 24.3 Å². The Balaban J connectivity index is 2.94. The minimum absolute atomic E-state index is 0.00328. The first-order valence-electron chi connectivity index (χ1n) is 4.06. The monoisotopic (exact) mass is 215 g/mol. The summed E-state index contributed by atoms with van der Waals surface area (Å²) in [5, 5.41) is 8.73. The van der Waals surface area contributed by atoms with E-state index in [2.05, 4.69) is 4.98 Å². The van der Waals surface area contributed by atoms with Gasteiger partial charge in [-0.1, -0.05) is 11.6 Å². The molecule has 0 aromatic carbocycles. The van der Waals surface area contributed by atoms with Crippen molar-refractivity contribution in [3.05, 3.63) is 23.0 Å². The van der Waals surface area contributed by atoms with Crippen LogP contribution in [0.3, 0.4) is 0 Å². The SMILES string of the molecule is CC(C)Oc1cnc(C(=O)O)c(Cl)c1. The highest BCUT2D eigenvalue weighted by atomic mass is 35.5. The first-order valence-corrected chi connectivity index (χ1v) is 4.44. The molecule has 1 aromatic heterocycles. The van der Waals surface area contributed by atoms with Crippen molar-refractivity contribution in [3.8, 4) is 5.75 Å². The normalized spacial score (nSPS) is 10.3. The molecular formula is C9H10ClNO3. The minimum Gasteiger partial charge on any atom is -0.489 e. The molecule has 0 aliphatic heterocycles. The van der Waals surface area contributed by atoms with Crippen LogP contribution in [0.4, 0.5) is 0 Å². The van der Waals surface area contributed by atoms with E-state index < -0.39 is 5.97 Å². The van der Waals surface area contributed by atoms with Crippen molar-refractivity contribution >= 4 is 17.6 Å². The highest BCUT2D eigenvalue weighted by Gasteiger charge is 2.11. The third-order valence-electron chi connectivity index (χ3n) is 1.39. The van der Waals surface area contributed by atoms with Gasteiger partial charge in [-0.2, -0.15) is 0 Å². The van der Waals surface area contributed by atoms with E-state index >= 15 is 0 Å². The van der Waals surface area contributed by atoms with Crippen LogP contribution in [0.15, 0.2) is 12.3 Å². The second-order valence-electron chi connectivity index (χ2n) is 2.97. The minimum atomic E-state index is -1.15. The van der Waals surface area contributed by atoms with Crippen LogP contribution >= 0.6 is 11.6 Å². The van der Waals surface area contributed by atoms with Crippen molar-refractivity contribution < 1.29 is 14.6 Å². The van der Waals surface area contributed by atoms with Gasteiger partial charge in [0.25, 0.3) is 0 Å². The molecular weight excluding hydrogens is 206 g/mol. The number of carboxylic acids is 1. The fourth-order valence-electron chi connectivity index (χ4n) is 0.914. The van der Waals surface area contributed by atoms with Gasteiger partial charge in [0, 0.05) is 6.07 Å². The number of aromatic carboxylic acids is 1. The third kappa shape index (κ3) is 2.60. The summed E-state index contributed by atoms with van der Waals surface area (Å²) in [7, 11) is 0. The van der Waals surface area contributed by atoms with E-state index in [9.17, 15) is 4.79 Å². The number of rotatable bonds is 3. The standard InChI is InChI=1S/C9H10ClNO3/c1-5(2)14-6-3-7(10)8(9(12)13)11-4-6/h3-5H,1-2H3,(H,12,13). The zero-order chi connectivity index (χ0) is 10.7. The van der Waals surface area contributed by atoms with Crippen LogP contribution in [-0.4, -0.2) is 22.2 Å². The third-order valence-corrected chi connectivity index (χ3v) is 1.68. The van der Waals surface area contributed by atoms with Gasteiger partial charge in [-0.05, 0) is 13.8 Å². The van der Waals surface area contributed by atoms with Crippen LogP contribution < -0.4 is 4.74 Å². The molecule has 0 unspecified atom stereocenters. The van der Waals surface area contributed by atoms with Gasteiger partial charge < -0.3 is 9.84 Å². The summed E-state index contributed by atoms with van der Waals surface area (Å²) in [6.45, 7) is 3.72. The van der Waals surface area contributed by atoms with E-state index in [1.165, 1.54) is 12.3 Å².